The summed E-state index contributed by atoms with van der Waals surface area (Å²) in [5.74, 6) is 1.17. The van der Waals surface area contributed by atoms with Gasteiger partial charge in [0.1, 0.15) is 5.65 Å². The molecule has 1 N–H and O–H groups in total. The molecule has 0 aliphatic carbocycles. The Kier molecular flexibility index (Phi) is 6.78. The summed E-state index contributed by atoms with van der Waals surface area (Å²) in [7, 11) is 0. The largest absolute Gasteiger partial charge is 0.490 e. The van der Waals surface area contributed by atoms with Gasteiger partial charge in [-0.1, -0.05) is 24.3 Å². The maximum absolute atomic E-state index is 13.3. The molecule has 0 aliphatic heterocycles. The number of carbonyl (C=O) groups is 1. The van der Waals surface area contributed by atoms with E-state index in [1.165, 1.54) is 0 Å². The maximum Gasteiger partial charge on any atom is 0.255 e. The molecule has 0 spiro atoms. The summed E-state index contributed by atoms with van der Waals surface area (Å²) in [5.41, 5.74) is 3.51. The summed E-state index contributed by atoms with van der Waals surface area (Å²) < 4.78 is 19.2. The zero-order valence-corrected chi connectivity index (χ0v) is 19.0. The normalized spacial score (nSPS) is 10.8. The van der Waals surface area contributed by atoms with Gasteiger partial charge in [-0.05, 0) is 51.1 Å². The molecule has 7 nitrogen and oxygen atoms in total. The van der Waals surface area contributed by atoms with Crippen molar-refractivity contribution < 1.29 is 19.0 Å². The van der Waals surface area contributed by atoms with Gasteiger partial charge in [-0.15, -0.1) is 0 Å². The van der Waals surface area contributed by atoms with Crippen LogP contribution in [-0.2, 0) is 0 Å². The van der Waals surface area contributed by atoms with Crippen molar-refractivity contribution >= 4 is 17.2 Å². The van der Waals surface area contributed by atoms with E-state index in [-0.39, 0.29) is 5.91 Å². The third-order valence-corrected chi connectivity index (χ3v) is 4.99. The average Bonchev–Trinajstić information content (AvgIpc) is 3.26. The molecule has 0 fully saturated rings. The number of nitrogens with one attached hydrogen (secondary N) is 1. The van der Waals surface area contributed by atoms with Gasteiger partial charge in [0.15, 0.2) is 11.5 Å². The van der Waals surface area contributed by atoms with E-state index >= 15 is 0 Å². The molecular formula is C26H27N3O4. The number of benzene rings is 2. The highest BCUT2D eigenvalue weighted by atomic mass is 16.5. The minimum atomic E-state index is -0.281. The van der Waals surface area contributed by atoms with Crippen LogP contribution in [0.15, 0.2) is 67.0 Å². The summed E-state index contributed by atoms with van der Waals surface area (Å²) in [4.78, 5) is 18.0. The lowest BCUT2D eigenvalue weighted by Gasteiger charge is -2.17. The summed E-state index contributed by atoms with van der Waals surface area (Å²) in [6.45, 7) is 6.99. The van der Waals surface area contributed by atoms with Crippen molar-refractivity contribution in [1.82, 2.24) is 9.38 Å². The summed E-state index contributed by atoms with van der Waals surface area (Å²) in [6, 6.07) is 16.8. The molecule has 2 aromatic heterocycles. The summed E-state index contributed by atoms with van der Waals surface area (Å²) in [6.07, 6.45) is 3.88. The molecular weight excluding hydrogens is 418 g/mol. The van der Waals surface area contributed by atoms with Crippen LogP contribution in [0.25, 0.3) is 16.9 Å². The Labute approximate surface area is 192 Å². The highest BCUT2D eigenvalue weighted by molar-refractivity contribution is 6.07. The number of ether oxygens (including phenoxy) is 3. The Morgan fingerprint density at radius 2 is 1.58 bits per heavy atom. The Bertz CT molecular complexity index is 1210. The van der Waals surface area contributed by atoms with E-state index < -0.39 is 0 Å². The van der Waals surface area contributed by atoms with E-state index in [1.807, 2.05) is 80.0 Å². The number of aromatic nitrogens is 2. The lowest BCUT2D eigenvalue weighted by Crippen LogP contribution is -2.14. The minimum absolute atomic E-state index is 0.281. The van der Waals surface area contributed by atoms with Crippen molar-refractivity contribution in [1.29, 1.82) is 0 Å². The first-order valence-electron chi connectivity index (χ1n) is 11.1. The van der Waals surface area contributed by atoms with Gasteiger partial charge in [0.25, 0.3) is 5.91 Å². The minimum Gasteiger partial charge on any atom is -0.490 e. The van der Waals surface area contributed by atoms with E-state index in [0.29, 0.717) is 48.3 Å². The Balaban J connectivity index is 1.69. The molecule has 2 heterocycles. The summed E-state index contributed by atoms with van der Waals surface area (Å²) in [5, 5.41) is 3.02. The van der Waals surface area contributed by atoms with E-state index in [9.17, 15) is 4.79 Å². The Morgan fingerprint density at radius 1 is 0.909 bits per heavy atom. The lowest BCUT2D eigenvalue weighted by molar-refractivity contribution is 0.102. The number of rotatable bonds is 9. The Morgan fingerprint density at radius 3 is 2.24 bits per heavy atom. The predicted octanol–water partition coefficient (Wildman–Crippen LogP) is 5.45. The number of pyridine rings is 1. The molecule has 33 heavy (non-hydrogen) atoms. The van der Waals surface area contributed by atoms with Crippen LogP contribution in [-0.4, -0.2) is 35.1 Å². The van der Waals surface area contributed by atoms with Gasteiger partial charge in [-0.25, -0.2) is 4.98 Å². The molecule has 0 atom stereocenters. The predicted molar refractivity (Wildman–Crippen MR) is 129 cm³/mol. The van der Waals surface area contributed by atoms with Crippen LogP contribution in [0.4, 0.5) is 5.69 Å². The van der Waals surface area contributed by atoms with Crippen LogP contribution in [0.5, 0.6) is 17.2 Å². The molecule has 0 unspecified atom stereocenters. The molecule has 2 aromatic carbocycles. The fourth-order valence-corrected chi connectivity index (χ4v) is 3.59. The van der Waals surface area contributed by atoms with Crippen LogP contribution in [0, 0.1) is 0 Å². The fraction of sp³-hybridized carbons (Fsp3) is 0.231. The first kappa shape index (κ1) is 22.2. The van der Waals surface area contributed by atoms with E-state index in [1.54, 1.807) is 12.1 Å². The molecule has 0 saturated carbocycles. The number of imidazole rings is 1. The zero-order chi connectivity index (χ0) is 23.2. The second-order valence-electron chi connectivity index (χ2n) is 7.19. The van der Waals surface area contributed by atoms with Crippen LogP contribution in [0.1, 0.15) is 31.1 Å². The smallest absolute Gasteiger partial charge is 0.255 e. The van der Waals surface area contributed by atoms with Crippen molar-refractivity contribution in [3.05, 3.63) is 72.6 Å². The van der Waals surface area contributed by atoms with Crippen molar-refractivity contribution in [3.63, 3.8) is 0 Å². The fourth-order valence-electron chi connectivity index (χ4n) is 3.59. The van der Waals surface area contributed by atoms with E-state index in [0.717, 1.165) is 16.9 Å². The second kappa shape index (κ2) is 10.1. The van der Waals surface area contributed by atoms with Crippen molar-refractivity contribution in [3.8, 4) is 28.5 Å². The molecule has 4 rings (SSSR count). The highest BCUT2D eigenvalue weighted by Gasteiger charge is 2.19. The number of amides is 1. The molecule has 0 aliphatic rings. The van der Waals surface area contributed by atoms with Crippen LogP contribution < -0.4 is 19.5 Å². The average molecular weight is 446 g/mol. The number of hydrogen-bond acceptors (Lipinski definition) is 5. The van der Waals surface area contributed by atoms with E-state index in [4.69, 9.17) is 14.2 Å². The SMILES string of the molecule is CCOc1cc(C(=O)Nc2ccccc2-c2cn3ccccc3n2)cc(OCC)c1OCC. The van der Waals surface area contributed by atoms with Crippen LogP contribution in [0.3, 0.4) is 0 Å². The number of para-hydroxylation sites is 1. The Hall–Kier alpha value is -4.00. The zero-order valence-electron chi connectivity index (χ0n) is 19.0. The molecule has 0 bridgehead atoms. The van der Waals surface area contributed by atoms with Crippen LogP contribution in [0.2, 0.25) is 0 Å². The first-order valence-corrected chi connectivity index (χ1v) is 11.1. The van der Waals surface area contributed by atoms with Crippen LogP contribution >= 0.6 is 0 Å². The molecule has 4 aromatic rings. The van der Waals surface area contributed by atoms with Gasteiger partial charge in [-0.3, -0.25) is 4.79 Å². The molecule has 0 saturated heterocycles. The standard InChI is InChI=1S/C26H27N3O4/c1-4-31-22-15-18(16-23(32-5-2)25(22)33-6-3)26(30)28-20-12-8-7-11-19(20)21-17-29-14-10-9-13-24(29)27-21/h7-17H,4-6H2,1-3H3,(H,28,30). The first-order chi connectivity index (χ1) is 16.1. The van der Waals surface area contributed by atoms with Gasteiger partial charge in [-0.2, -0.15) is 0 Å². The third-order valence-electron chi connectivity index (χ3n) is 4.99. The van der Waals surface area contributed by atoms with Gasteiger partial charge < -0.3 is 23.9 Å². The topological polar surface area (TPSA) is 74.1 Å². The van der Waals surface area contributed by atoms with Crippen molar-refractivity contribution in [2.45, 2.75) is 20.8 Å². The second-order valence-corrected chi connectivity index (χ2v) is 7.19. The summed E-state index contributed by atoms with van der Waals surface area (Å²) >= 11 is 0. The molecule has 1 amide bonds. The van der Waals surface area contributed by atoms with Crippen molar-refractivity contribution in [2.75, 3.05) is 25.1 Å². The number of nitrogens with zero attached hydrogens (tertiary/aromatic N) is 2. The number of carbonyl (C=O) groups excluding carboxylic acids is 1. The number of anilines is 1. The molecule has 7 heteroatoms. The molecule has 0 radical (unpaired) electrons. The lowest BCUT2D eigenvalue weighted by atomic mass is 10.1. The highest BCUT2D eigenvalue weighted by Crippen LogP contribution is 2.39. The van der Waals surface area contributed by atoms with Gasteiger partial charge in [0.2, 0.25) is 5.75 Å². The quantitative estimate of drug-likeness (QED) is 0.371. The van der Waals surface area contributed by atoms with E-state index in [2.05, 4.69) is 10.3 Å². The van der Waals surface area contributed by atoms with Gasteiger partial charge >= 0.3 is 0 Å². The maximum atomic E-state index is 13.3. The van der Waals surface area contributed by atoms with Gasteiger partial charge in [0.05, 0.1) is 31.2 Å². The number of fused-ring (bicyclic) bond motifs is 1. The monoisotopic (exact) mass is 445 g/mol. The van der Waals surface area contributed by atoms with Crippen molar-refractivity contribution in [2.24, 2.45) is 0 Å². The van der Waals surface area contributed by atoms with Gasteiger partial charge in [0, 0.05) is 23.5 Å². The third kappa shape index (κ3) is 4.77. The number of hydrogen-bond donors (Lipinski definition) is 1. The molecule has 170 valence electrons.